The summed E-state index contributed by atoms with van der Waals surface area (Å²) in [6.07, 6.45) is 1.44. The molecule has 0 fully saturated rings. The van der Waals surface area contributed by atoms with Crippen LogP contribution in [0, 0.1) is 13.8 Å². The molecule has 1 aromatic rings. The summed E-state index contributed by atoms with van der Waals surface area (Å²) in [5.41, 5.74) is 1.81. The molecule has 76 valence electrons. The first-order valence-corrected chi connectivity index (χ1v) is 4.18. The maximum atomic E-state index is 11.7. The molecule has 0 aliphatic rings. The van der Waals surface area contributed by atoms with Crippen LogP contribution >= 0.6 is 0 Å². The molecule has 5 nitrogen and oxygen atoms in total. The minimum absolute atomic E-state index is 0.233. The predicted octanol–water partition coefficient (Wildman–Crippen LogP) is 0.727. The van der Waals surface area contributed by atoms with E-state index in [1.807, 2.05) is 0 Å². The third kappa shape index (κ3) is 1.88. The normalized spacial score (nSPS) is 10.0. The number of amides is 1. The van der Waals surface area contributed by atoms with Gasteiger partial charge in [0.2, 0.25) is 0 Å². The number of nitrogens with zero attached hydrogens (tertiary/aromatic N) is 3. The van der Waals surface area contributed by atoms with Gasteiger partial charge in [-0.05, 0) is 13.8 Å². The van der Waals surface area contributed by atoms with Gasteiger partial charge in [-0.25, -0.2) is 15.0 Å². The van der Waals surface area contributed by atoms with Gasteiger partial charge in [0.15, 0.2) is 0 Å². The second-order valence-electron chi connectivity index (χ2n) is 2.90. The van der Waals surface area contributed by atoms with Crippen molar-refractivity contribution in [2.75, 3.05) is 14.2 Å². The van der Waals surface area contributed by atoms with Crippen LogP contribution in [-0.2, 0) is 4.84 Å². The van der Waals surface area contributed by atoms with Gasteiger partial charge in [-0.15, -0.1) is 0 Å². The van der Waals surface area contributed by atoms with Crippen molar-refractivity contribution in [3.8, 4) is 0 Å². The molecule has 0 unspecified atom stereocenters. The molecule has 0 aliphatic heterocycles. The maximum Gasteiger partial charge on any atom is 0.280 e. The maximum absolute atomic E-state index is 11.7. The van der Waals surface area contributed by atoms with Crippen molar-refractivity contribution in [2.45, 2.75) is 13.8 Å². The number of hydrogen-bond acceptors (Lipinski definition) is 4. The van der Waals surface area contributed by atoms with Crippen LogP contribution < -0.4 is 0 Å². The summed E-state index contributed by atoms with van der Waals surface area (Å²) in [4.78, 5) is 24.5. The van der Waals surface area contributed by atoms with E-state index in [1.165, 1.54) is 13.4 Å². The van der Waals surface area contributed by atoms with E-state index in [0.29, 0.717) is 17.0 Å². The van der Waals surface area contributed by atoms with Gasteiger partial charge in [0.05, 0.1) is 24.1 Å². The second-order valence-corrected chi connectivity index (χ2v) is 2.90. The fourth-order valence-corrected chi connectivity index (χ4v) is 1.14. The number of rotatable bonds is 2. The molecule has 0 spiro atoms. The summed E-state index contributed by atoms with van der Waals surface area (Å²) in [7, 11) is 2.99. The zero-order chi connectivity index (χ0) is 10.7. The second kappa shape index (κ2) is 4.15. The highest BCUT2D eigenvalue weighted by Crippen LogP contribution is 2.10. The summed E-state index contributed by atoms with van der Waals surface area (Å²) in [5.74, 6) is -0.233. The molecule has 0 atom stereocenters. The van der Waals surface area contributed by atoms with Crippen molar-refractivity contribution in [2.24, 2.45) is 0 Å². The molecule has 0 saturated carbocycles. The first kappa shape index (κ1) is 10.6. The zero-order valence-electron chi connectivity index (χ0n) is 8.74. The van der Waals surface area contributed by atoms with Gasteiger partial charge in [0.25, 0.3) is 5.91 Å². The molecule has 5 heteroatoms. The van der Waals surface area contributed by atoms with Crippen molar-refractivity contribution >= 4 is 5.91 Å². The van der Waals surface area contributed by atoms with E-state index in [0.717, 1.165) is 5.06 Å². The first-order valence-electron chi connectivity index (χ1n) is 4.18. The number of hydroxylamine groups is 2. The molecule has 0 aromatic carbocycles. The van der Waals surface area contributed by atoms with E-state index in [4.69, 9.17) is 4.84 Å². The van der Waals surface area contributed by atoms with Crippen molar-refractivity contribution in [1.82, 2.24) is 15.0 Å². The van der Waals surface area contributed by atoms with Crippen molar-refractivity contribution < 1.29 is 9.63 Å². The Balaban J connectivity index is 3.12. The smallest absolute Gasteiger partial charge is 0.274 e. The van der Waals surface area contributed by atoms with Gasteiger partial charge in [0, 0.05) is 7.05 Å². The lowest BCUT2D eigenvalue weighted by molar-refractivity contribution is -0.0758. The van der Waals surface area contributed by atoms with E-state index in [1.54, 1.807) is 20.9 Å². The minimum atomic E-state index is -0.233. The van der Waals surface area contributed by atoms with Crippen LogP contribution in [0.3, 0.4) is 0 Å². The average Bonchev–Trinajstić information content (AvgIpc) is 2.16. The van der Waals surface area contributed by atoms with Crippen molar-refractivity contribution in [1.29, 1.82) is 0 Å². The van der Waals surface area contributed by atoms with Gasteiger partial charge in [-0.2, -0.15) is 0 Å². The number of aromatic nitrogens is 2. The number of aryl methyl sites for hydroxylation is 2. The molecule has 1 rings (SSSR count). The minimum Gasteiger partial charge on any atom is -0.274 e. The van der Waals surface area contributed by atoms with Crippen LogP contribution in [0.5, 0.6) is 0 Å². The molecule has 1 aromatic heterocycles. The summed E-state index contributed by atoms with van der Waals surface area (Å²) in [6, 6.07) is 0. The van der Waals surface area contributed by atoms with Crippen LogP contribution in [0.1, 0.15) is 21.7 Å². The Morgan fingerprint density at radius 3 is 2.29 bits per heavy atom. The van der Waals surface area contributed by atoms with Crippen LogP contribution in [-0.4, -0.2) is 35.1 Å². The van der Waals surface area contributed by atoms with Crippen LogP contribution in [0.15, 0.2) is 6.33 Å². The van der Waals surface area contributed by atoms with Crippen LogP contribution in [0.2, 0.25) is 0 Å². The number of carbonyl (C=O) groups is 1. The fourth-order valence-electron chi connectivity index (χ4n) is 1.14. The Hall–Kier alpha value is -1.49. The van der Waals surface area contributed by atoms with Gasteiger partial charge < -0.3 is 0 Å². The molecular weight excluding hydrogens is 182 g/mol. The van der Waals surface area contributed by atoms with E-state index < -0.39 is 0 Å². The van der Waals surface area contributed by atoms with Crippen molar-refractivity contribution in [3.63, 3.8) is 0 Å². The van der Waals surface area contributed by atoms with E-state index in [-0.39, 0.29) is 5.91 Å². The molecule has 0 bridgehead atoms. The Bertz CT molecular complexity index is 332. The van der Waals surface area contributed by atoms with Crippen molar-refractivity contribution in [3.05, 3.63) is 23.3 Å². The van der Waals surface area contributed by atoms with Gasteiger partial charge in [-0.3, -0.25) is 9.63 Å². The zero-order valence-corrected chi connectivity index (χ0v) is 8.74. The van der Waals surface area contributed by atoms with Gasteiger partial charge >= 0.3 is 0 Å². The predicted molar refractivity (Wildman–Crippen MR) is 50.6 cm³/mol. The molecule has 0 aliphatic carbocycles. The largest absolute Gasteiger partial charge is 0.280 e. The average molecular weight is 195 g/mol. The quantitative estimate of drug-likeness (QED) is 0.653. The lowest BCUT2D eigenvalue weighted by Crippen LogP contribution is -2.27. The lowest BCUT2D eigenvalue weighted by atomic mass is 10.1. The highest BCUT2D eigenvalue weighted by Gasteiger charge is 2.17. The Morgan fingerprint density at radius 2 is 1.86 bits per heavy atom. The van der Waals surface area contributed by atoms with E-state index >= 15 is 0 Å². The molecule has 0 radical (unpaired) electrons. The van der Waals surface area contributed by atoms with E-state index in [9.17, 15) is 4.79 Å². The van der Waals surface area contributed by atoms with Gasteiger partial charge in [0.1, 0.15) is 6.33 Å². The fraction of sp³-hybridized carbons (Fsp3) is 0.444. The van der Waals surface area contributed by atoms with Crippen LogP contribution in [0.25, 0.3) is 0 Å². The molecule has 1 amide bonds. The summed E-state index contributed by atoms with van der Waals surface area (Å²) >= 11 is 0. The third-order valence-electron chi connectivity index (χ3n) is 2.00. The Labute approximate surface area is 82.7 Å². The monoisotopic (exact) mass is 195 g/mol. The Morgan fingerprint density at radius 1 is 1.36 bits per heavy atom. The summed E-state index contributed by atoms with van der Waals surface area (Å²) < 4.78 is 0. The van der Waals surface area contributed by atoms with E-state index in [2.05, 4.69) is 9.97 Å². The molecule has 0 saturated heterocycles. The summed E-state index contributed by atoms with van der Waals surface area (Å²) in [6.45, 7) is 3.54. The summed E-state index contributed by atoms with van der Waals surface area (Å²) in [5, 5.41) is 1.15. The van der Waals surface area contributed by atoms with Gasteiger partial charge in [-0.1, -0.05) is 0 Å². The highest BCUT2D eigenvalue weighted by atomic mass is 16.7. The van der Waals surface area contributed by atoms with Crippen LogP contribution in [0.4, 0.5) is 0 Å². The Kier molecular flexibility index (Phi) is 3.14. The molecule has 1 heterocycles. The molecular formula is C9H13N3O2. The lowest BCUT2D eigenvalue weighted by Gasteiger charge is -2.15. The highest BCUT2D eigenvalue weighted by molar-refractivity contribution is 5.95. The SMILES string of the molecule is CON(C)C(=O)c1c(C)ncnc1C. The first-order chi connectivity index (χ1) is 6.57. The third-order valence-corrected chi connectivity index (χ3v) is 2.00. The molecule has 0 N–H and O–H groups in total. The standard InChI is InChI=1S/C9H13N3O2/c1-6-8(7(2)11-5-10-6)9(13)12(3)14-4/h5H,1-4H3. The number of carbonyl (C=O) groups excluding carboxylic acids is 1. The molecule has 14 heavy (non-hydrogen) atoms. The number of hydrogen-bond donors (Lipinski definition) is 0. The topological polar surface area (TPSA) is 55.3 Å².